The van der Waals surface area contributed by atoms with Gasteiger partial charge in [-0.15, -0.1) is 0 Å². The predicted molar refractivity (Wildman–Crippen MR) is 74.0 cm³/mol. The van der Waals surface area contributed by atoms with Crippen LogP contribution < -0.4 is 0 Å². The molecule has 0 amide bonds. The van der Waals surface area contributed by atoms with Crippen molar-refractivity contribution in [3.63, 3.8) is 0 Å². The molecule has 5 heteroatoms. The van der Waals surface area contributed by atoms with Crippen molar-refractivity contribution in [1.82, 2.24) is 0 Å². The molecule has 0 N–H and O–H groups in total. The van der Waals surface area contributed by atoms with E-state index in [1.165, 1.54) is 30.3 Å². The highest BCUT2D eigenvalue weighted by Crippen LogP contribution is 2.24. The van der Waals surface area contributed by atoms with Crippen molar-refractivity contribution in [2.75, 3.05) is 0 Å². The van der Waals surface area contributed by atoms with Gasteiger partial charge in [-0.25, -0.2) is 4.39 Å². The molecular weight excluding hydrogens is 342 g/mol. The summed E-state index contributed by atoms with van der Waals surface area (Å²) in [5, 5.41) is 0.669. The fourth-order valence-corrected chi connectivity index (χ4v) is 2.41. The molecule has 2 rings (SSSR count). The highest BCUT2D eigenvalue weighted by Gasteiger charge is 2.16. The van der Waals surface area contributed by atoms with E-state index in [9.17, 15) is 9.18 Å². The molecule has 0 bridgehead atoms. The SMILES string of the molecule is O=C(c1cc(Cl)cc(Cl)c1)c1cccc(Br)c1F. The fraction of sp³-hybridized carbons (Fsp3) is 0. The molecule has 0 radical (unpaired) electrons. The lowest BCUT2D eigenvalue weighted by Gasteiger charge is -2.05. The largest absolute Gasteiger partial charge is 0.288 e. The first-order valence-corrected chi connectivity index (χ1v) is 6.49. The van der Waals surface area contributed by atoms with Gasteiger partial charge in [0.1, 0.15) is 5.82 Å². The Morgan fingerprint density at radius 1 is 1.11 bits per heavy atom. The quantitative estimate of drug-likeness (QED) is 0.688. The Hall–Kier alpha value is -0.900. The first kappa shape index (κ1) is 13.5. The smallest absolute Gasteiger partial charge is 0.196 e. The molecule has 1 nitrogen and oxygen atoms in total. The average molecular weight is 348 g/mol. The number of hydrogen-bond acceptors (Lipinski definition) is 1. The van der Waals surface area contributed by atoms with Crippen LogP contribution in [0.5, 0.6) is 0 Å². The highest BCUT2D eigenvalue weighted by atomic mass is 79.9. The Morgan fingerprint density at radius 3 is 2.33 bits per heavy atom. The summed E-state index contributed by atoms with van der Waals surface area (Å²) in [5.41, 5.74) is 0.229. The van der Waals surface area contributed by atoms with Crippen LogP contribution in [-0.4, -0.2) is 5.78 Å². The van der Waals surface area contributed by atoms with Crippen LogP contribution in [0.2, 0.25) is 10.0 Å². The van der Waals surface area contributed by atoms with Crippen molar-refractivity contribution in [3.05, 3.63) is 67.9 Å². The molecule has 0 aliphatic rings. The van der Waals surface area contributed by atoms with Crippen molar-refractivity contribution in [2.45, 2.75) is 0 Å². The van der Waals surface area contributed by atoms with Gasteiger partial charge < -0.3 is 0 Å². The molecule has 0 spiro atoms. The average Bonchev–Trinajstić information content (AvgIpc) is 2.30. The highest BCUT2D eigenvalue weighted by molar-refractivity contribution is 9.10. The molecule has 2 aromatic rings. The number of rotatable bonds is 2. The molecule has 0 aliphatic carbocycles. The van der Waals surface area contributed by atoms with Crippen LogP contribution >= 0.6 is 39.1 Å². The normalized spacial score (nSPS) is 10.4. The van der Waals surface area contributed by atoms with E-state index in [0.717, 1.165) is 0 Å². The summed E-state index contributed by atoms with van der Waals surface area (Å²) >= 11 is 14.7. The first-order chi connectivity index (χ1) is 8.49. The molecule has 92 valence electrons. The van der Waals surface area contributed by atoms with Crippen LogP contribution in [0.4, 0.5) is 4.39 Å². The third kappa shape index (κ3) is 2.74. The van der Waals surface area contributed by atoms with Crippen LogP contribution in [0.3, 0.4) is 0 Å². The minimum Gasteiger partial charge on any atom is -0.288 e. The standard InChI is InChI=1S/C13H6BrCl2FO/c14-11-3-1-2-10(12(11)17)13(18)7-4-8(15)6-9(16)5-7/h1-6H. The van der Waals surface area contributed by atoms with Crippen LogP contribution in [0.1, 0.15) is 15.9 Å². The molecule has 18 heavy (non-hydrogen) atoms. The maximum atomic E-state index is 13.8. The van der Waals surface area contributed by atoms with Crippen LogP contribution in [0.15, 0.2) is 40.9 Å². The lowest BCUT2D eigenvalue weighted by atomic mass is 10.0. The number of halogens is 4. The Bertz CT molecular complexity index is 608. The molecule has 0 aromatic heterocycles. The van der Waals surface area contributed by atoms with E-state index >= 15 is 0 Å². The van der Waals surface area contributed by atoms with E-state index in [1.807, 2.05) is 0 Å². The number of hydrogen-bond donors (Lipinski definition) is 0. The second kappa shape index (κ2) is 5.39. The third-order valence-corrected chi connectivity index (χ3v) is 3.37. The predicted octanol–water partition coefficient (Wildman–Crippen LogP) is 5.13. The van der Waals surface area contributed by atoms with E-state index in [2.05, 4.69) is 15.9 Å². The summed E-state index contributed by atoms with van der Waals surface area (Å²) in [6.07, 6.45) is 0. The second-order valence-corrected chi connectivity index (χ2v) is 5.32. The molecule has 0 fully saturated rings. The van der Waals surface area contributed by atoms with Gasteiger partial charge in [0.15, 0.2) is 5.78 Å². The summed E-state index contributed by atoms with van der Waals surface area (Å²) < 4.78 is 14.0. The molecule has 0 heterocycles. The molecule has 0 unspecified atom stereocenters. The molecule has 0 atom stereocenters. The van der Waals surface area contributed by atoms with E-state index < -0.39 is 11.6 Å². The van der Waals surface area contributed by atoms with Gasteiger partial charge in [-0.05, 0) is 46.3 Å². The van der Waals surface area contributed by atoms with E-state index in [1.54, 1.807) is 6.07 Å². The molecule has 0 aliphatic heterocycles. The van der Waals surface area contributed by atoms with Gasteiger partial charge in [-0.1, -0.05) is 29.3 Å². The minimum absolute atomic E-state index is 0.0253. The van der Waals surface area contributed by atoms with Crippen molar-refractivity contribution in [3.8, 4) is 0 Å². The van der Waals surface area contributed by atoms with Crippen molar-refractivity contribution in [2.24, 2.45) is 0 Å². The van der Waals surface area contributed by atoms with Gasteiger partial charge in [0.2, 0.25) is 0 Å². The maximum absolute atomic E-state index is 13.8. The zero-order valence-corrected chi connectivity index (χ0v) is 12.0. The Labute approximate surface area is 122 Å². The van der Waals surface area contributed by atoms with Gasteiger partial charge in [0, 0.05) is 15.6 Å². The van der Waals surface area contributed by atoms with Crippen LogP contribution in [0.25, 0.3) is 0 Å². The van der Waals surface area contributed by atoms with Crippen molar-refractivity contribution < 1.29 is 9.18 Å². The Morgan fingerprint density at radius 2 is 1.72 bits per heavy atom. The van der Waals surface area contributed by atoms with Crippen LogP contribution in [0, 0.1) is 5.82 Å². The summed E-state index contributed by atoms with van der Waals surface area (Å²) in [5.74, 6) is -1.06. The number of carbonyl (C=O) groups is 1. The van der Waals surface area contributed by atoms with E-state index in [0.29, 0.717) is 10.0 Å². The molecule has 2 aromatic carbocycles. The van der Waals surface area contributed by atoms with Gasteiger partial charge in [0.25, 0.3) is 0 Å². The Balaban J connectivity index is 2.51. The summed E-state index contributed by atoms with van der Waals surface area (Å²) in [6, 6.07) is 8.95. The van der Waals surface area contributed by atoms with E-state index in [4.69, 9.17) is 23.2 Å². The van der Waals surface area contributed by atoms with Gasteiger partial charge >= 0.3 is 0 Å². The lowest BCUT2D eigenvalue weighted by Crippen LogP contribution is -2.04. The first-order valence-electron chi connectivity index (χ1n) is 4.94. The molecule has 0 saturated carbocycles. The number of ketones is 1. The fourth-order valence-electron chi connectivity index (χ4n) is 1.52. The van der Waals surface area contributed by atoms with Gasteiger partial charge in [0.05, 0.1) is 10.0 Å². The number of benzene rings is 2. The molecular formula is C13H6BrCl2FO. The third-order valence-electron chi connectivity index (χ3n) is 2.32. The zero-order chi connectivity index (χ0) is 13.3. The van der Waals surface area contributed by atoms with Crippen LogP contribution in [-0.2, 0) is 0 Å². The lowest BCUT2D eigenvalue weighted by molar-refractivity contribution is 0.103. The monoisotopic (exact) mass is 346 g/mol. The topological polar surface area (TPSA) is 17.1 Å². The van der Waals surface area contributed by atoms with Gasteiger partial charge in [-0.2, -0.15) is 0 Å². The minimum atomic E-state index is -0.599. The number of carbonyl (C=O) groups excluding carboxylic acids is 1. The summed E-state index contributed by atoms with van der Waals surface area (Å²) in [7, 11) is 0. The second-order valence-electron chi connectivity index (χ2n) is 3.59. The van der Waals surface area contributed by atoms with E-state index in [-0.39, 0.29) is 15.6 Å². The molecule has 0 saturated heterocycles. The summed E-state index contributed by atoms with van der Waals surface area (Å²) in [6.45, 7) is 0. The Kier molecular flexibility index (Phi) is 4.05. The summed E-state index contributed by atoms with van der Waals surface area (Å²) in [4.78, 5) is 12.1. The van der Waals surface area contributed by atoms with Crippen molar-refractivity contribution in [1.29, 1.82) is 0 Å². The van der Waals surface area contributed by atoms with Gasteiger partial charge in [-0.3, -0.25) is 4.79 Å². The van der Waals surface area contributed by atoms with Crippen molar-refractivity contribution >= 4 is 44.9 Å². The maximum Gasteiger partial charge on any atom is 0.196 e. The zero-order valence-electron chi connectivity index (χ0n) is 8.88.